The van der Waals surface area contributed by atoms with Gasteiger partial charge in [-0.3, -0.25) is 0 Å². The fourth-order valence-electron chi connectivity index (χ4n) is 2.06. The summed E-state index contributed by atoms with van der Waals surface area (Å²) in [5, 5.41) is 9.19. The summed E-state index contributed by atoms with van der Waals surface area (Å²) in [5.41, 5.74) is 1.61. The lowest BCUT2D eigenvalue weighted by atomic mass is 10.0. The first kappa shape index (κ1) is 17.0. The second-order valence-corrected chi connectivity index (χ2v) is 4.86. The Morgan fingerprint density at radius 1 is 1.04 bits per heavy atom. The van der Waals surface area contributed by atoms with Gasteiger partial charge in [0.2, 0.25) is 0 Å². The summed E-state index contributed by atoms with van der Waals surface area (Å²) in [7, 11) is 0. The Hall–Kier alpha value is -2.34. The van der Waals surface area contributed by atoms with Crippen LogP contribution in [-0.2, 0) is 4.74 Å². The Labute approximate surface area is 131 Å². The van der Waals surface area contributed by atoms with Crippen molar-refractivity contribution in [3.63, 3.8) is 0 Å². The number of hydrogen-bond acceptors (Lipinski definition) is 3. The molecule has 122 valence electrons. The number of aliphatic hydroxyl groups is 1. The molecule has 2 aromatic carbocycles. The summed E-state index contributed by atoms with van der Waals surface area (Å²) in [5.74, 6) is -0.428. The molecule has 0 aromatic heterocycles. The van der Waals surface area contributed by atoms with E-state index in [1.807, 2.05) is 0 Å². The van der Waals surface area contributed by atoms with Crippen molar-refractivity contribution in [1.29, 1.82) is 0 Å². The minimum absolute atomic E-state index is 0.218. The van der Waals surface area contributed by atoms with Gasteiger partial charge in [-0.2, -0.15) is 13.2 Å². The minimum atomic E-state index is -4.69. The Balaban J connectivity index is 2.18. The maximum absolute atomic E-state index is 12.4. The molecule has 0 amide bonds. The third-order valence-electron chi connectivity index (χ3n) is 3.27. The molecule has 23 heavy (non-hydrogen) atoms. The minimum Gasteiger partial charge on any atom is -0.462 e. The topological polar surface area (TPSA) is 46.5 Å². The average molecular weight is 324 g/mol. The van der Waals surface area contributed by atoms with Crippen LogP contribution in [0, 0.1) is 0 Å². The molecule has 0 radical (unpaired) electrons. The normalized spacial score (nSPS) is 12.7. The first-order chi connectivity index (χ1) is 10.8. The molecule has 0 saturated heterocycles. The smallest absolute Gasteiger partial charge is 0.418 e. The fourth-order valence-corrected chi connectivity index (χ4v) is 2.06. The van der Waals surface area contributed by atoms with Crippen LogP contribution < -0.4 is 0 Å². The van der Waals surface area contributed by atoms with E-state index >= 15 is 0 Å². The van der Waals surface area contributed by atoms with Gasteiger partial charge in [0.1, 0.15) is 0 Å². The van der Waals surface area contributed by atoms with Crippen LogP contribution in [0.2, 0.25) is 0 Å². The number of halogens is 3. The molecule has 0 aliphatic carbocycles. The molecular formula is C17H15F3O3. The Morgan fingerprint density at radius 3 is 1.96 bits per heavy atom. The van der Waals surface area contributed by atoms with Gasteiger partial charge in [-0.15, -0.1) is 0 Å². The highest BCUT2D eigenvalue weighted by molar-refractivity contribution is 5.90. The van der Waals surface area contributed by atoms with E-state index in [1.54, 1.807) is 31.2 Å². The zero-order chi connectivity index (χ0) is 17.0. The Morgan fingerprint density at radius 2 is 1.52 bits per heavy atom. The van der Waals surface area contributed by atoms with Crippen molar-refractivity contribution in [2.75, 3.05) is 6.61 Å². The van der Waals surface area contributed by atoms with E-state index in [9.17, 15) is 23.1 Å². The maximum Gasteiger partial charge on any atom is 0.418 e. The Bertz CT molecular complexity index is 661. The summed E-state index contributed by atoms with van der Waals surface area (Å²) < 4.78 is 42.2. The molecule has 0 spiro atoms. The third kappa shape index (κ3) is 4.10. The highest BCUT2D eigenvalue weighted by Gasteiger charge is 2.39. The first-order valence-corrected chi connectivity index (χ1v) is 6.95. The van der Waals surface area contributed by atoms with E-state index in [1.165, 1.54) is 24.3 Å². The molecule has 0 saturated carbocycles. The second-order valence-electron chi connectivity index (χ2n) is 4.86. The molecule has 1 atom stereocenters. The number of carbonyl (C=O) groups excluding carboxylic acids is 1. The Kier molecular flexibility index (Phi) is 5.05. The van der Waals surface area contributed by atoms with Crippen molar-refractivity contribution in [2.24, 2.45) is 0 Å². The number of aliphatic hydroxyl groups excluding tert-OH is 1. The summed E-state index contributed by atoms with van der Waals surface area (Å²) in [6.45, 7) is 1.99. The number of benzene rings is 2. The number of alkyl halides is 3. The molecule has 1 unspecified atom stereocenters. The molecule has 6 heteroatoms. The van der Waals surface area contributed by atoms with Crippen LogP contribution in [0.3, 0.4) is 0 Å². The van der Waals surface area contributed by atoms with Crippen molar-refractivity contribution < 1.29 is 27.8 Å². The largest absolute Gasteiger partial charge is 0.462 e. The lowest BCUT2D eigenvalue weighted by molar-refractivity contribution is -0.206. The van der Waals surface area contributed by atoms with Gasteiger partial charge in [0, 0.05) is 0 Å². The zero-order valence-electron chi connectivity index (χ0n) is 12.3. The van der Waals surface area contributed by atoms with Crippen molar-refractivity contribution in [3.8, 4) is 11.1 Å². The van der Waals surface area contributed by atoms with Gasteiger partial charge in [0.05, 0.1) is 12.2 Å². The number of rotatable bonds is 4. The quantitative estimate of drug-likeness (QED) is 0.860. The number of ether oxygens (including phenoxy) is 1. The van der Waals surface area contributed by atoms with E-state index in [4.69, 9.17) is 4.74 Å². The van der Waals surface area contributed by atoms with Crippen LogP contribution in [0.5, 0.6) is 0 Å². The van der Waals surface area contributed by atoms with E-state index in [0.717, 1.165) is 5.56 Å². The predicted octanol–water partition coefficient (Wildman–Crippen LogP) is 4.13. The van der Waals surface area contributed by atoms with Crippen LogP contribution in [0.1, 0.15) is 28.9 Å². The van der Waals surface area contributed by atoms with Crippen LogP contribution in [-0.4, -0.2) is 23.9 Å². The predicted molar refractivity (Wildman–Crippen MR) is 78.8 cm³/mol. The van der Waals surface area contributed by atoms with Crippen LogP contribution in [0.4, 0.5) is 13.2 Å². The third-order valence-corrected chi connectivity index (χ3v) is 3.27. The van der Waals surface area contributed by atoms with Gasteiger partial charge in [-0.25, -0.2) is 4.79 Å². The fraction of sp³-hybridized carbons (Fsp3) is 0.235. The zero-order valence-corrected chi connectivity index (χ0v) is 12.3. The lowest BCUT2D eigenvalue weighted by Crippen LogP contribution is -2.19. The van der Waals surface area contributed by atoms with Crippen molar-refractivity contribution in [2.45, 2.75) is 19.2 Å². The number of carbonyl (C=O) groups is 1. The van der Waals surface area contributed by atoms with Crippen molar-refractivity contribution in [3.05, 3.63) is 59.7 Å². The standard InChI is InChI=1S/C17H15F3O3/c1-2-23-16(22)14-9-5-12(6-10-14)11-3-7-13(8-4-11)15(21)17(18,19)20/h3-10,15,21H,2H2,1H3. The van der Waals surface area contributed by atoms with Gasteiger partial charge < -0.3 is 9.84 Å². The summed E-state index contributed by atoms with van der Waals surface area (Å²) >= 11 is 0. The van der Waals surface area contributed by atoms with Gasteiger partial charge in [0.25, 0.3) is 0 Å². The maximum atomic E-state index is 12.4. The van der Waals surface area contributed by atoms with E-state index < -0.39 is 18.2 Å². The summed E-state index contributed by atoms with van der Waals surface area (Å²) in [6.07, 6.45) is -7.19. The highest BCUT2D eigenvalue weighted by atomic mass is 19.4. The summed E-state index contributed by atoms with van der Waals surface area (Å²) in [6, 6.07) is 12.0. The van der Waals surface area contributed by atoms with Crippen LogP contribution in [0.25, 0.3) is 11.1 Å². The first-order valence-electron chi connectivity index (χ1n) is 6.95. The molecule has 0 heterocycles. The molecule has 0 aliphatic rings. The van der Waals surface area contributed by atoms with E-state index in [-0.39, 0.29) is 12.2 Å². The van der Waals surface area contributed by atoms with Crippen molar-refractivity contribution in [1.82, 2.24) is 0 Å². The molecule has 0 fully saturated rings. The second kappa shape index (κ2) is 6.83. The molecule has 1 N–H and O–H groups in total. The summed E-state index contributed by atoms with van der Waals surface area (Å²) in [4.78, 5) is 11.5. The molecular weight excluding hydrogens is 309 g/mol. The SMILES string of the molecule is CCOC(=O)c1ccc(-c2ccc(C(O)C(F)(F)F)cc2)cc1. The van der Waals surface area contributed by atoms with Crippen LogP contribution in [0.15, 0.2) is 48.5 Å². The van der Waals surface area contributed by atoms with Gasteiger partial charge in [0.15, 0.2) is 6.10 Å². The molecule has 0 aliphatic heterocycles. The molecule has 3 nitrogen and oxygen atoms in total. The van der Waals surface area contributed by atoms with E-state index in [2.05, 4.69) is 0 Å². The highest BCUT2D eigenvalue weighted by Crippen LogP contribution is 2.33. The number of esters is 1. The molecule has 2 aromatic rings. The van der Waals surface area contributed by atoms with Gasteiger partial charge >= 0.3 is 12.1 Å². The monoisotopic (exact) mass is 324 g/mol. The van der Waals surface area contributed by atoms with Crippen LogP contribution >= 0.6 is 0 Å². The average Bonchev–Trinajstić information content (AvgIpc) is 2.54. The number of hydrogen-bond donors (Lipinski definition) is 1. The lowest BCUT2D eigenvalue weighted by Gasteiger charge is -2.15. The van der Waals surface area contributed by atoms with Gasteiger partial charge in [-0.1, -0.05) is 36.4 Å². The molecule has 2 rings (SSSR count). The molecule has 0 bridgehead atoms. The van der Waals surface area contributed by atoms with Crippen molar-refractivity contribution >= 4 is 5.97 Å². The van der Waals surface area contributed by atoms with Gasteiger partial charge in [-0.05, 0) is 35.7 Å². The van der Waals surface area contributed by atoms with E-state index in [0.29, 0.717) is 11.1 Å².